The van der Waals surface area contributed by atoms with Crippen LogP contribution in [-0.4, -0.2) is 78.9 Å². The molecule has 1 aromatic rings. The highest BCUT2D eigenvalue weighted by Crippen LogP contribution is 2.23. The summed E-state index contributed by atoms with van der Waals surface area (Å²) in [4.78, 5) is 30.1. The van der Waals surface area contributed by atoms with Crippen LogP contribution in [0.2, 0.25) is 0 Å². The van der Waals surface area contributed by atoms with Gasteiger partial charge in [-0.3, -0.25) is 29.8 Å². The lowest BCUT2D eigenvalue weighted by Gasteiger charge is -2.32. The Morgan fingerprint density at radius 2 is 1.86 bits per heavy atom. The third-order valence-corrected chi connectivity index (χ3v) is 6.83. The molecule has 1 saturated carbocycles. The van der Waals surface area contributed by atoms with Crippen molar-refractivity contribution in [2.24, 2.45) is 4.99 Å². The van der Waals surface area contributed by atoms with Crippen molar-refractivity contribution in [3.8, 4) is 6.19 Å². The smallest absolute Gasteiger partial charge is 0.246 e. The van der Waals surface area contributed by atoms with E-state index in [2.05, 4.69) is 25.5 Å². The van der Waals surface area contributed by atoms with Crippen molar-refractivity contribution in [2.75, 3.05) is 51.3 Å². The van der Waals surface area contributed by atoms with Crippen LogP contribution in [0.5, 0.6) is 0 Å². The highest BCUT2D eigenvalue weighted by Gasteiger charge is 2.25. The predicted octanol–water partition coefficient (Wildman–Crippen LogP) is 3.69. The average Bonchev–Trinajstić information content (AvgIpc) is 3.21. The Morgan fingerprint density at radius 3 is 2.59 bits per heavy atom. The fraction of sp³-hybridized carbons (Fsp3) is 0.704. The fourth-order valence-corrected chi connectivity index (χ4v) is 4.74. The molecule has 1 aliphatic carbocycles. The van der Waals surface area contributed by atoms with E-state index in [9.17, 15) is 4.79 Å². The molecule has 2 aliphatic rings. The summed E-state index contributed by atoms with van der Waals surface area (Å²) < 4.78 is 5.43. The first-order valence-corrected chi connectivity index (χ1v) is 13.9. The molecule has 1 saturated heterocycles. The monoisotopic (exact) mass is 513 g/mol. The van der Waals surface area contributed by atoms with Gasteiger partial charge in [-0.05, 0) is 37.8 Å². The van der Waals surface area contributed by atoms with Crippen LogP contribution in [0.15, 0.2) is 29.5 Å². The van der Waals surface area contributed by atoms with Gasteiger partial charge in [0.15, 0.2) is 6.19 Å². The van der Waals surface area contributed by atoms with Crippen molar-refractivity contribution in [3.63, 3.8) is 0 Å². The molecule has 1 amide bonds. The van der Waals surface area contributed by atoms with Gasteiger partial charge in [-0.1, -0.05) is 38.5 Å². The molecule has 0 atom stereocenters. The van der Waals surface area contributed by atoms with E-state index in [4.69, 9.17) is 14.8 Å². The molecule has 204 valence electrons. The third kappa shape index (κ3) is 11.5. The molecule has 10 nitrogen and oxygen atoms in total. The van der Waals surface area contributed by atoms with Crippen molar-refractivity contribution < 1.29 is 14.4 Å². The number of aromatic nitrogens is 1. The number of nitriles is 1. The van der Waals surface area contributed by atoms with E-state index in [0.717, 1.165) is 77.1 Å². The van der Waals surface area contributed by atoms with Crippen molar-refractivity contribution in [2.45, 2.75) is 76.7 Å². The molecular formula is C27H43N7O3. The first kappa shape index (κ1) is 28.8. The summed E-state index contributed by atoms with van der Waals surface area (Å²) in [5, 5.41) is 16.4. The van der Waals surface area contributed by atoms with Gasteiger partial charge in [-0.2, -0.15) is 5.26 Å². The molecular weight excluding hydrogens is 470 g/mol. The van der Waals surface area contributed by atoms with Gasteiger partial charge in [0.2, 0.25) is 11.9 Å². The van der Waals surface area contributed by atoms with Gasteiger partial charge >= 0.3 is 0 Å². The summed E-state index contributed by atoms with van der Waals surface area (Å²) in [5.41, 5.74) is 0.820. The second-order valence-corrected chi connectivity index (χ2v) is 9.64. The Morgan fingerprint density at radius 1 is 1.14 bits per heavy atom. The molecule has 10 heteroatoms. The van der Waals surface area contributed by atoms with Crippen molar-refractivity contribution >= 4 is 17.6 Å². The normalized spacial score (nSPS) is 17.5. The molecule has 0 unspecified atom stereocenters. The number of amides is 1. The SMILES string of the molecule is N#CNC(=NCCCCCCC(=O)N(OCCN1CCOCC1)C1CCCCCC1)Nc1ccncc1. The molecule has 0 radical (unpaired) electrons. The van der Waals surface area contributed by atoms with Gasteiger partial charge in [-0.25, -0.2) is 5.06 Å². The van der Waals surface area contributed by atoms with E-state index in [0.29, 0.717) is 25.5 Å². The number of morpholine rings is 1. The number of nitrogens with one attached hydrogen (secondary N) is 2. The Labute approximate surface area is 221 Å². The molecule has 2 heterocycles. The first-order valence-electron chi connectivity index (χ1n) is 13.9. The number of nitrogens with zero attached hydrogens (tertiary/aromatic N) is 5. The molecule has 2 N–H and O–H groups in total. The van der Waals surface area contributed by atoms with Gasteiger partial charge < -0.3 is 10.1 Å². The molecule has 1 aromatic heterocycles. The van der Waals surface area contributed by atoms with Gasteiger partial charge in [0.05, 0.1) is 25.9 Å². The van der Waals surface area contributed by atoms with E-state index in [-0.39, 0.29) is 11.9 Å². The Hall–Kier alpha value is -2.74. The van der Waals surface area contributed by atoms with Crippen LogP contribution in [0.4, 0.5) is 5.69 Å². The minimum atomic E-state index is 0.119. The quantitative estimate of drug-likeness (QED) is 0.0781. The Balaban J connectivity index is 1.37. The van der Waals surface area contributed by atoms with Gasteiger partial charge in [0.25, 0.3) is 0 Å². The first-order chi connectivity index (χ1) is 18.3. The van der Waals surface area contributed by atoms with Gasteiger partial charge in [0, 0.05) is 50.7 Å². The second kappa shape index (κ2) is 17.7. The molecule has 2 fully saturated rings. The summed E-state index contributed by atoms with van der Waals surface area (Å²) >= 11 is 0. The topological polar surface area (TPSA) is 115 Å². The van der Waals surface area contributed by atoms with E-state index >= 15 is 0 Å². The van der Waals surface area contributed by atoms with Crippen molar-refractivity contribution in [1.29, 1.82) is 5.26 Å². The van der Waals surface area contributed by atoms with Crippen LogP contribution in [0, 0.1) is 11.5 Å². The number of pyridine rings is 1. The van der Waals surface area contributed by atoms with Crippen LogP contribution >= 0.6 is 0 Å². The number of rotatable bonds is 13. The molecule has 0 spiro atoms. The lowest BCUT2D eigenvalue weighted by molar-refractivity contribution is -0.204. The predicted molar refractivity (Wildman–Crippen MR) is 144 cm³/mol. The van der Waals surface area contributed by atoms with Crippen LogP contribution in [0.1, 0.15) is 70.6 Å². The number of ether oxygens (including phenoxy) is 1. The molecule has 0 aromatic carbocycles. The molecule has 1 aliphatic heterocycles. The molecule has 37 heavy (non-hydrogen) atoms. The zero-order valence-corrected chi connectivity index (χ0v) is 22.1. The lowest BCUT2D eigenvalue weighted by Crippen LogP contribution is -2.43. The zero-order chi connectivity index (χ0) is 26.0. The van der Waals surface area contributed by atoms with E-state index in [1.54, 1.807) is 17.5 Å². The van der Waals surface area contributed by atoms with E-state index < -0.39 is 0 Å². The standard InChI is InChI=1S/C27H43N7O3/c28-23-31-27(32-24-12-15-29-16-13-24)30-14-8-4-3-7-11-26(35)34(25-9-5-1-2-6-10-25)37-22-19-33-17-20-36-21-18-33/h12-13,15-16,25H,1-11,14,17-22H2,(H2,29,30,31,32). The number of guanidine groups is 1. The van der Waals surface area contributed by atoms with E-state index in [1.165, 1.54) is 25.7 Å². The van der Waals surface area contributed by atoms with Crippen LogP contribution < -0.4 is 10.6 Å². The number of unbranched alkanes of at least 4 members (excludes halogenated alkanes) is 3. The summed E-state index contributed by atoms with van der Waals surface area (Å²) in [7, 11) is 0. The number of hydrogen-bond donors (Lipinski definition) is 2. The largest absolute Gasteiger partial charge is 0.379 e. The maximum absolute atomic E-state index is 13.2. The number of aliphatic imine (C=N–C) groups is 1. The molecule has 0 bridgehead atoms. The molecule has 3 rings (SSSR count). The highest BCUT2D eigenvalue weighted by atomic mass is 16.7. The Kier molecular flexibility index (Phi) is 13.8. The van der Waals surface area contributed by atoms with Crippen molar-refractivity contribution in [1.82, 2.24) is 20.3 Å². The fourth-order valence-electron chi connectivity index (χ4n) is 4.74. The summed E-state index contributed by atoms with van der Waals surface area (Å²) in [5.74, 6) is 0.547. The highest BCUT2D eigenvalue weighted by molar-refractivity contribution is 5.94. The Bertz CT molecular complexity index is 832. The number of hydrogen-bond acceptors (Lipinski definition) is 7. The van der Waals surface area contributed by atoms with E-state index in [1.807, 2.05) is 18.3 Å². The maximum Gasteiger partial charge on any atom is 0.246 e. The minimum Gasteiger partial charge on any atom is -0.379 e. The average molecular weight is 514 g/mol. The second-order valence-electron chi connectivity index (χ2n) is 9.64. The van der Waals surface area contributed by atoms with Crippen LogP contribution in [-0.2, 0) is 14.4 Å². The number of hydroxylamine groups is 2. The maximum atomic E-state index is 13.2. The lowest BCUT2D eigenvalue weighted by atomic mass is 10.1. The number of carbonyl (C=O) groups is 1. The third-order valence-electron chi connectivity index (χ3n) is 6.83. The zero-order valence-electron chi connectivity index (χ0n) is 22.1. The van der Waals surface area contributed by atoms with Crippen molar-refractivity contribution in [3.05, 3.63) is 24.5 Å². The van der Waals surface area contributed by atoms with Gasteiger partial charge in [0.1, 0.15) is 0 Å². The summed E-state index contributed by atoms with van der Waals surface area (Å²) in [6.45, 7) is 5.39. The van der Waals surface area contributed by atoms with Crippen LogP contribution in [0.25, 0.3) is 0 Å². The summed E-state index contributed by atoms with van der Waals surface area (Å²) in [6, 6.07) is 3.83. The van der Waals surface area contributed by atoms with Gasteiger partial charge in [-0.15, -0.1) is 0 Å². The number of anilines is 1. The summed E-state index contributed by atoms with van der Waals surface area (Å²) in [6.07, 6.45) is 16.4. The minimum absolute atomic E-state index is 0.119. The van der Waals surface area contributed by atoms with Crippen LogP contribution in [0.3, 0.4) is 0 Å². The number of carbonyl (C=O) groups excluding carboxylic acids is 1.